The molecule has 1 unspecified atom stereocenters. The minimum absolute atomic E-state index is 0.116. The summed E-state index contributed by atoms with van der Waals surface area (Å²) < 4.78 is 5.60. The fourth-order valence-electron chi connectivity index (χ4n) is 2.37. The SMILES string of the molecule is Cc1ccc2c(c1)C(NC(=O)c1ccc(=O)[nH]n1)CCO2. The number of carbonyl (C=O) groups excluding carboxylic acids is 1. The van der Waals surface area contributed by atoms with Gasteiger partial charge in [-0.3, -0.25) is 9.59 Å². The number of ether oxygens (including phenoxy) is 1. The molecule has 1 amide bonds. The molecule has 0 spiro atoms. The van der Waals surface area contributed by atoms with Gasteiger partial charge in [-0.05, 0) is 19.1 Å². The molecular weight excluding hydrogens is 270 g/mol. The first-order chi connectivity index (χ1) is 10.1. The molecule has 1 aromatic carbocycles. The molecule has 1 aliphatic heterocycles. The van der Waals surface area contributed by atoms with Crippen molar-refractivity contribution in [3.8, 4) is 5.75 Å². The maximum atomic E-state index is 12.2. The second-order valence-corrected chi connectivity index (χ2v) is 5.01. The number of aryl methyl sites for hydroxylation is 1. The number of benzene rings is 1. The highest BCUT2D eigenvalue weighted by Gasteiger charge is 2.24. The molecule has 6 heteroatoms. The van der Waals surface area contributed by atoms with E-state index in [1.165, 1.54) is 12.1 Å². The van der Waals surface area contributed by atoms with E-state index in [1.54, 1.807) is 0 Å². The molecule has 2 heterocycles. The van der Waals surface area contributed by atoms with E-state index >= 15 is 0 Å². The number of H-pyrrole nitrogens is 1. The third-order valence-corrected chi connectivity index (χ3v) is 3.42. The van der Waals surface area contributed by atoms with Gasteiger partial charge >= 0.3 is 0 Å². The van der Waals surface area contributed by atoms with Gasteiger partial charge in [0.05, 0.1) is 12.6 Å². The van der Waals surface area contributed by atoms with Crippen molar-refractivity contribution in [1.29, 1.82) is 0 Å². The fourth-order valence-corrected chi connectivity index (χ4v) is 2.37. The summed E-state index contributed by atoms with van der Waals surface area (Å²) in [5.74, 6) is 0.484. The summed E-state index contributed by atoms with van der Waals surface area (Å²) in [4.78, 5) is 23.2. The van der Waals surface area contributed by atoms with Crippen molar-refractivity contribution in [3.63, 3.8) is 0 Å². The van der Waals surface area contributed by atoms with Crippen LogP contribution in [0.4, 0.5) is 0 Å². The first-order valence-corrected chi connectivity index (χ1v) is 6.73. The Morgan fingerprint density at radius 3 is 3.00 bits per heavy atom. The van der Waals surface area contributed by atoms with Gasteiger partial charge in [0.15, 0.2) is 0 Å². The highest BCUT2D eigenvalue weighted by Crippen LogP contribution is 2.32. The average molecular weight is 285 g/mol. The van der Waals surface area contributed by atoms with Gasteiger partial charge in [-0.2, -0.15) is 5.10 Å². The number of hydrogen-bond acceptors (Lipinski definition) is 4. The van der Waals surface area contributed by atoms with E-state index in [-0.39, 0.29) is 23.2 Å². The molecule has 0 bridgehead atoms. The van der Waals surface area contributed by atoms with Crippen LogP contribution in [0.3, 0.4) is 0 Å². The molecule has 6 nitrogen and oxygen atoms in total. The van der Waals surface area contributed by atoms with E-state index in [1.807, 2.05) is 25.1 Å². The standard InChI is InChI=1S/C15H15N3O3/c1-9-2-4-13-10(8-9)11(6-7-21-13)16-15(20)12-3-5-14(19)18-17-12/h2-5,8,11H,6-7H2,1H3,(H,16,20)(H,18,19). The predicted molar refractivity (Wildman–Crippen MR) is 76.4 cm³/mol. The number of nitrogens with zero attached hydrogens (tertiary/aromatic N) is 1. The summed E-state index contributed by atoms with van der Waals surface area (Å²) in [6.07, 6.45) is 0.700. The molecule has 1 aliphatic rings. The van der Waals surface area contributed by atoms with Gasteiger partial charge in [-0.25, -0.2) is 5.10 Å². The summed E-state index contributed by atoms with van der Waals surface area (Å²) >= 11 is 0. The van der Waals surface area contributed by atoms with Gasteiger partial charge < -0.3 is 10.1 Å². The summed E-state index contributed by atoms with van der Waals surface area (Å²) in [7, 11) is 0. The first-order valence-electron chi connectivity index (χ1n) is 6.73. The van der Waals surface area contributed by atoms with Crippen LogP contribution < -0.4 is 15.6 Å². The van der Waals surface area contributed by atoms with Crippen LogP contribution in [-0.4, -0.2) is 22.7 Å². The zero-order valence-corrected chi connectivity index (χ0v) is 11.6. The molecule has 0 saturated carbocycles. The Balaban J connectivity index is 1.83. The molecule has 0 fully saturated rings. The second kappa shape index (κ2) is 5.40. The van der Waals surface area contributed by atoms with Gasteiger partial charge in [-0.15, -0.1) is 0 Å². The summed E-state index contributed by atoms with van der Waals surface area (Å²) in [5.41, 5.74) is 1.94. The van der Waals surface area contributed by atoms with Crippen LogP contribution in [0.1, 0.15) is 34.1 Å². The number of hydrogen-bond donors (Lipinski definition) is 2. The van der Waals surface area contributed by atoms with Crippen molar-refractivity contribution in [2.75, 3.05) is 6.61 Å². The van der Waals surface area contributed by atoms with E-state index in [0.717, 1.165) is 16.9 Å². The lowest BCUT2D eigenvalue weighted by atomic mass is 9.98. The Morgan fingerprint density at radius 1 is 1.38 bits per heavy atom. The van der Waals surface area contributed by atoms with Crippen molar-refractivity contribution >= 4 is 5.91 Å². The second-order valence-electron chi connectivity index (χ2n) is 5.01. The normalized spacial score (nSPS) is 16.7. The predicted octanol–water partition coefficient (Wildman–Crippen LogP) is 1.33. The van der Waals surface area contributed by atoms with Crippen molar-refractivity contribution in [1.82, 2.24) is 15.5 Å². The summed E-state index contributed by atoms with van der Waals surface area (Å²) in [6.45, 7) is 2.55. The molecule has 0 radical (unpaired) electrons. The van der Waals surface area contributed by atoms with Gasteiger partial charge in [0, 0.05) is 18.1 Å². The van der Waals surface area contributed by atoms with E-state index in [4.69, 9.17) is 4.74 Å². The highest BCUT2D eigenvalue weighted by atomic mass is 16.5. The maximum absolute atomic E-state index is 12.2. The molecule has 2 aromatic rings. The number of nitrogens with one attached hydrogen (secondary N) is 2. The van der Waals surface area contributed by atoms with Crippen LogP contribution in [-0.2, 0) is 0 Å². The van der Waals surface area contributed by atoms with Crippen LogP contribution >= 0.6 is 0 Å². The Bertz CT molecular complexity index is 719. The third-order valence-electron chi connectivity index (χ3n) is 3.42. The van der Waals surface area contributed by atoms with Crippen molar-refractivity contribution in [3.05, 3.63) is 57.5 Å². The van der Waals surface area contributed by atoms with Gasteiger partial charge in [0.2, 0.25) is 0 Å². The summed E-state index contributed by atoms with van der Waals surface area (Å²) in [5, 5.41) is 8.93. The number of aromatic nitrogens is 2. The fraction of sp³-hybridized carbons (Fsp3) is 0.267. The summed E-state index contributed by atoms with van der Waals surface area (Å²) in [6, 6.07) is 8.48. The lowest BCUT2D eigenvalue weighted by Crippen LogP contribution is -2.33. The smallest absolute Gasteiger partial charge is 0.272 e. The average Bonchev–Trinajstić information content (AvgIpc) is 2.48. The van der Waals surface area contributed by atoms with E-state index in [0.29, 0.717) is 13.0 Å². The third kappa shape index (κ3) is 2.79. The molecule has 0 saturated heterocycles. The molecule has 0 aliphatic carbocycles. The molecule has 1 atom stereocenters. The monoisotopic (exact) mass is 285 g/mol. The Morgan fingerprint density at radius 2 is 2.24 bits per heavy atom. The Labute approximate surface area is 121 Å². The van der Waals surface area contributed by atoms with Crippen molar-refractivity contribution < 1.29 is 9.53 Å². The topological polar surface area (TPSA) is 84.1 Å². The van der Waals surface area contributed by atoms with Crippen LogP contribution in [0.5, 0.6) is 5.75 Å². The minimum atomic E-state index is -0.335. The lowest BCUT2D eigenvalue weighted by molar-refractivity contribution is 0.0918. The number of amides is 1. The van der Waals surface area contributed by atoms with E-state index in [2.05, 4.69) is 15.5 Å². The van der Waals surface area contributed by atoms with E-state index in [9.17, 15) is 9.59 Å². The highest BCUT2D eigenvalue weighted by molar-refractivity contribution is 5.92. The Hall–Kier alpha value is -2.63. The van der Waals surface area contributed by atoms with Gasteiger partial charge in [0.25, 0.3) is 11.5 Å². The van der Waals surface area contributed by atoms with Gasteiger partial charge in [0.1, 0.15) is 11.4 Å². The number of carbonyl (C=O) groups is 1. The largest absolute Gasteiger partial charge is 0.493 e. The molecule has 108 valence electrons. The van der Waals surface area contributed by atoms with Crippen LogP contribution in [0.15, 0.2) is 35.1 Å². The van der Waals surface area contributed by atoms with Crippen molar-refractivity contribution in [2.45, 2.75) is 19.4 Å². The first kappa shape index (κ1) is 13.4. The van der Waals surface area contributed by atoms with Crippen LogP contribution in [0.2, 0.25) is 0 Å². The minimum Gasteiger partial charge on any atom is -0.493 e. The molecule has 1 aromatic heterocycles. The molecular formula is C15H15N3O3. The Kier molecular flexibility index (Phi) is 3.43. The zero-order chi connectivity index (χ0) is 14.8. The maximum Gasteiger partial charge on any atom is 0.272 e. The molecule has 3 rings (SSSR count). The van der Waals surface area contributed by atoms with Crippen LogP contribution in [0.25, 0.3) is 0 Å². The molecule has 21 heavy (non-hydrogen) atoms. The number of fused-ring (bicyclic) bond motifs is 1. The van der Waals surface area contributed by atoms with Crippen molar-refractivity contribution in [2.24, 2.45) is 0 Å². The van der Waals surface area contributed by atoms with Crippen LogP contribution in [0, 0.1) is 6.92 Å². The number of aromatic amines is 1. The van der Waals surface area contributed by atoms with Gasteiger partial charge in [-0.1, -0.05) is 17.7 Å². The lowest BCUT2D eigenvalue weighted by Gasteiger charge is -2.27. The molecule has 2 N–H and O–H groups in total. The zero-order valence-electron chi connectivity index (χ0n) is 11.6. The number of rotatable bonds is 2. The quantitative estimate of drug-likeness (QED) is 0.872. The van der Waals surface area contributed by atoms with E-state index < -0.39 is 0 Å².